The van der Waals surface area contributed by atoms with Gasteiger partial charge in [-0.1, -0.05) is 12.1 Å². The van der Waals surface area contributed by atoms with E-state index in [-0.39, 0.29) is 5.88 Å². The smallest absolute Gasteiger partial charge is 0.196 e. The lowest BCUT2D eigenvalue weighted by Crippen LogP contribution is -2.08. The molecule has 5 rings (SSSR count). The van der Waals surface area contributed by atoms with Crippen LogP contribution in [-0.2, 0) is 0 Å². The first kappa shape index (κ1) is 17.6. The Bertz CT molecular complexity index is 1510. The quantitative estimate of drug-likeness (QED) is 0.556. The number of pyridine rings is 1. The SMILES string of the molecule is N#Cc1ccc2[nH]c(O)c(/C=c3/ccc4c(c3)N=NC=4/C=C/c3ccncc3)c2c1. The van der Waals surface area contributed by atoms with Gasteiger partial charge < -0.3 is 10.1 Å². The normalized spacial score (nSPS) is 13.3. The van der Waals surface area contributed by atoms with Crippen LogP contribution in [0.3, 0.4) is 0 Å². The van der Waals surface area contributed by atoms with Crippen molar-refractivity contribution in [3.8, 4) is 11.9 Å². The molecule has 0 atom stereocenters. The number of H-pyrrole nitrogens is 1. The summed E-state index contributed by atoms with van der Waals surface area (Å²) >= 11 is 0. The van der Waals surface area contributed by atoms with Gasteiger partial charge in [-0.2, -0.15) is 5.26 Å². The predicted octanol–water partition coefficient (Wildman–Crippen LogP) is 3.89. The Morgan fingerprint density at radius 1 is 0.967 bits per heavy atom. The van der Waals surface area contributed by atoms with E-state index in [2.05, 4.69) is 26.3 Å². The van der Waals surface area contributed by atoms with E-state index in [0.717, 1.165) is 38.3 Å². The van der Waals surface area contributed by atoms with Crippen LogP contribution in [0.15, 0.2) is 77.2 Å². The number of azo groups is 1. The van der Waals surface area contributed by atoms with Crippen molar-refractivity contribution in [2.24, 2.45) is 10.2 Å². The van der Waals surface area contributed by atoms with Gasteiger partial charge in [0.15, 0.2) is 5.88 Å². The second-order valence-corrected chi connectivity index (χ2v) is 6.88. The van der Waals surface area contributed by atoms with Crippen LogP contribution in [0.4, 0.5) is 5.69 Å². The number of hydrogen-bond acceptors (Lipinski definition) is 5. The fourth-order valence-corrected chi connectivity index (χ4v) is 3.45. The molecule has 0 radical (unpaired) electrons. The van der Waals surface area contributed by atoms with Crippen LogP contribution in [-0.4, -0.2) is 15.1 Å². The van der Waals surface area contributed by atoms with E-state index in [1.54, 1.807) is 30.6 Å². The summed E-state index contributed by atoms with van der Waals surface area (Å²) in [5.41, 5.74) is 4.56. The maximum atomic E-state index is 10.3. The Labute approximate surface area is 171 Å². The largest absolute Gasteiger partial charge is 0.494 e. The van der Waals surface area contributed by atoms with E-state index in [1.807, 2.05) is 48.6 Å². The van der Waals surface area contributed by atoms with Crippen molar-refractivity contribution in [1.82, 2.24) is 9.97 Å². The van der Waals surface area contributed by atoms with Crippen molar-refractivity contribution in [3.63, 3.8) is 0 Å². The number of nitriles is 1. The molecule has 142 valence electrons. The third-order valence-corrected chi connectivity index (χ3v) is 4.96. The fraction of sp³-hybridized carbons (Fsp3) is 0. The van der Waals surface area contributed by atoms with Gasteiger partial charge in [-0.15, -0.1) is 10.2 Å². The third-order valence-electron chi connectivity index (χ3n) is 4.96. The maximum Gasteiger partial charge on any atom is 0.196 e. The van der Waals surface area contributed by atoms with E-state index in [0.29, 0.717) is 11.1 Å². The minimum absolute atomic E-state index is 0.0646. The van der Waals surface area contributed by atoms with Crippen molar-refractivity contribution in [2.45, 2.75) is 0 Å². The fourth-order valence-electron chi connectivity index (χ4n) is 3.45. The highest BCUT2D eigenvalue weighted by Crippen LogP contribution is 2.28. The lowest BCUT2D eigenvalue weighted by molar-refractivity contribution is 0.457. The van der Waals surface area contributed by atoms with Crippen LogP contribution in [0.5, 0.6) is 5.88 Å². The molecule has 2 N–H and O–H groups in total. The first-order valence-electron chi connectivity index (χ1n) is 9.32. The zero-order valence-corrected chi connectivity index (χ0v) is 15.7. The Balaban J connectivity index is 1.57. The third kappa shape index (κ3) is 3.15. The highest BCUT2D eigenvalue weighted by Gasteiger charge is 2.10. The summed E-state index contributed by atoms with van der Waals surface area (Å²) in [6.45, 7) is 0. The van der Waals surface area contributed by atoms with Gasteiger partial charge in [0, 0.05) is 34.1 Å². The summed E-state index contributed by atoms with van der Waals surface area (Å²) in [7, 11) is 0. The summed E-state index contributed by atoms with van der Waals surface area (Å²) in [6, 6.07) is 17.1. The molecule has 2 aromatic carbocycles. The molecule has 4 aromatic rings. The monoisotopic (exact) mass is 389 g/mol. The molecular formula is C24H15N5O. The second-order valence-electron chi connectivity index (χ2n) is 6.88. The molecule has 0 spiro atoms. The van der Waals surface area contributed by atoms with Crippen molar-refractivity contribution in [1.29, 1.82) is 5.26 Å². The minimum atomic E-state index is 0.0646. The van der Waals surface area contributed by atoms with E-state index in [4.69, 9.17) is 5.26 Å². The topological polar surface area (TPSA) is 97.4 Å². The standard InChI is InChI=1S/C24H15N5O/c25-14-17-3-5-21-19(12-17)20(24(30)27-21)11-16-1-4-18-22(28-29-23(18)13-16)6-2-15-7-9-26-10-8-15/h1-13,27,30H/b6-2+,16-11-. The molecule has 2 aromatic heterocycles. The Morgan fingerprint density at radius 2 is 1.83 bits per heavy atom. The summed E-state index contributed by atoms with van der Waals surface area (Å²) in [4.78, 5) is 6.96. The molecule has 0 fully saturated rings. The van der Waals surface area contributed by atoms with Crippen molar-refractivity contribution in [3.05, 3.63) is 94.1 Å². The number of fused-ring (bicyclic) bond motifs is 2. The molecule has 0 amide bonds. The van der Waals surface area contributed by atoms with Crippen molar-refractivity contribution < 1.29 is 5.11 Å². The highest BCUT2D eigenvalue weighted by atomic mass is 16.3. The number of hydrogen-bond donors (Lipinski definition) is 2. The Hall–Kier alpha value is -4.50. The van der Waals surface area contributed by atoms with Crippen molar-refractivity contribution >= 4 is 34.4 Å². The van der Waals surface area contributed by atoms with Crippen LogP contribution < -0.4 is 10.4 Å². The van der Waals surface area contributed by atoms with Gasteiger partial charge in [0.25, 0.3) is 0 Å². The Kier molecular flexibility index (Phi) is 4.19. The van der Waals surface area contributed by atoms with Gasteiger partial charge in [0.05, 0.1) is 23.0 Å². The summed E-state index contributed by atoms with van der Waals surface area (Å²) in [5.74, 6) is 0.0646. The molecule has 0 saturated carbocycles. The molecule has 6 nitrogen and oxygen atoms in total. The van der Waals surface area contributed by atoms with Crippen molar-refractivity contribution in [2.75, 3.05) is 0 Å². The van der Waals surface area contributed by atoms with Crippen LogP contribution in [0.25, 0.3) is 28.8 Å². The number of nitrogens with one attached hydrogen (secondary N) is 1. The second kappa shape index (κ2) is 7.15. The average Bonchev–Trinajstić information content (AvgIpc) is 3.32. The molecule has 0 aliphatic carbocycles. The number of nitrogens with zero attached hydrogens (tertiary/aromatic N) is 4. The van der Waals surface area contributed by atoms with Crippen LogP contribution >= 0.6 is 0 Å². The van der Waals surface area contributed by atoms with E-state index < -0.39 is 0 Å². The predicted molar refractivity (Wildman–Crippen MR) is 115 cm³/mol. The zero-order valence-electron chi connectivity index (χ0n) is 15.7. The van der Waals surface area contributed by atoms with Gasteiger partial charge in [0.2, 0.25) is 0 Å². The van der Waals surface area contributed by atoms with E-state index in [9.17, 15) is 5.11 Å². The van der Waals surface area contributed by atoms with Gasteiger partial charge in [-0.05, 0) is 65.4 Å². The molecular weight excluding hydrogens is 374 g/mol. The maximum absolute atomic E-state index is 10.3. The molecule has 30 heavy (non-hydrogen) atoms. The van der Waals surface area contributed by atoms with Gasteiger partial charge >= 0.3 is 0 Å². The minimum Gasteiger partial charge on any atom is -0.494 e. The average molecular weight is 389 g/mol. The van der Waals surface area contributed by atoms with Gasteiger partial charge in [-0.3, -0.25) is 4.98 Å². The van der Waals surface area contributed by atoms with Gasteiger partial charge in [-0.25, -0.2) is 0 Å². The molecule has 1 aliphatic rings. The van der Waals surface area contributed by atoms with Crippen LogP contribution in [0.2, 0.25) is 0 Å². The number of aromatic amines is 1. The van der Waals surface area contributed by atoms with Gasteiger partial charge in [0.1, 0.15) is 0 Å². The number of rotatable bonds is 3. The lowest BCUT2D eigenvalue weighted by Gasteiger charge is -1.95. The zero-order chi connectivity index (χ0) is 20.5. The summed E-state index contributed by atoms with van der Waals surface area (Å²) in [6.07, 6.45) is 9.27. The molecule has 1 aliphatic heterocycles. The molecule has 6 heteroatoms. The molecule has 0 unspecified atom stereocenters. The molecule has 0 bridgehead atoms. The number of benzene rings is 2. The molecule has 3 heterocycles. The summed E-state index contributed by atoms with van der Waals surface area (Å²) in [5, 5.41) is 30.7. The first-order chi connectivity index (χ1) is 14.7. The van der Waals surface area contributed by atoms with Crippen LogP contribution in [0.1, 0.15) is 16.7 Å². The lowest BCUT2D eigenvalue weighted by atomic mass is 10.1. The van der Waals surface area contributed by atoms with E-state index in [1.165, 1.54) is 0 Å². The number of aromatic nitrogens is 2. The number of aromatic hydroxyl groups is 1. The molecule has 0 saturated heterocycles. The van der Waals surface area contributed by atoms with Crippen LogP contribution in [0, 0.1) is 11.3 Å². The van der Waals surface area contributed by atoms with E-state index >= 15 is 0 Å². The first-order valence-corrected chi connectivity index (χ1v) is 9.32. The highest BCUT2D eigenvalue weighted by molar-refractivity contribution is 5.92. The summed E-state index contributed by atoms with van der Waals surface area (Å²) < 4.78 is 0. The Morgan fingerprint density at radius 3 is 2.67 bits per heavy atom.